The summed E-state index contributed by atoms with van der Waals surface area (Å²) in [6.07, 6.45) is 0. The Morgan fingerprint density at radius 1 is 1.45 bits per heavy atom. The molecule has 108 valence electrons. The van der Waals surface area contributed by atoms with Crippen molar-refractivity contribution in [1.82, 2.24) is 5.32 Å². The number of quaternary nitrogens is 1. The third kappa shape index (κ3) is 3.27. The molecule has 1 aromatic carbocycles. The van der Waals surface area contributed by atoms with E-state index in [1.165, 1.54) is 0 Å². The number of carbonyl (C=O) groups excluding carboxylic acids is 2. The van der Waals surface area contributed by atoms with E-state index in [0.717, 1.165) is 11.4 Å². The molecule has 20 heavy (non-hydrogen) atoms. The molecule has 0 aromatic heterocycles. The zero-order valence-electron chi connectivity index (χ0n) is 11.7. The predicted octanol–water partition coefficient (Wildman–Crippen LogP) is -0.963. The maximum absolute atomic E-state index is 12.3. The molecule has 0 bridgehead atoms. The van der Waals surface area contributed by atoms with E-state index in [1.54, 1.807) is 19.2 Å². The fraction of sp³-hybridized carbons (Fsp3) is 0.429. The van der Waals surface area contributed by atoms with Crippen molar-refractivity contribution in [1.29, 1.82) is 0 Å². The van der Waals surface area contributed by atoms with Crippen molar-refractivity contribution in [3.63, 3.8) is 0 Å². The quantitative estimate of drug-likeness (QED) is 0.664. The fourth-order valence-corrected chi connectivity index (χ4v) is 2.26. The van der Waals surface area contributed by atoms with Crippen LogP contribution < -0.4 is 20.3 Å². The van der Waals surface area contributed by atoms with E-state index in [1.807, 2.05) is 19.1 Å². The zero-order chi connectivity index (χ0) is 14.5. The Labute approximate surface area is 118 Å². The van der Waals surface area contributed by atoms with Gasteiger partial charge in [-0.25, -0.2) is 0 Å². The largest absolute Gasteiger partial charge is 0.495 e. The summed E-state index contributed by atoms with van der Waals surface area (Å²) in [6.45, 7) is 3.53. The highest BCUT2D eigenvalue weighted by Gasteiger charge is 2.30. The molecule has 1 saturated heterocycles. The van der Waals surface area contributed by atoms with E-state index in [4.69, 9.17) is 4.74 Å². The van der Waals surface area contributed by atoms with Crippen LogP contribution in [0, 0.1) is 0 Å². The van der Waals surface area contributed by atoms with Crippen LogP contribution in [0.25, 0.3) is 0 Å². The Balaban J connectivity index is 2.02. The van der Waals surface area contributed by atoms with Crippen LogP contribution in [0.3, 0.4) is 0 Å². The highest BCUT2D eigenvalue weighted by Crippen LogP contribution is 2.22. The van der Waals surface area contributed by atoms with Crippen molar-refractivity contribution in [2.45, 2.75) is 13.0 Å². The van der Waals surface area contributed by atoms with Crippen LogP contribution in [0.5, 0.6) is 5.75 Å². The van der Waals surface area contributed by atoms with Crippen LogP contribution in [-0.2, 0) is 9.59 Å². The summed E-state index contributed by atoms with van der Waals surface area (Å²) in [5.74, 6) is 0.502. The third-order valence-electron chi connectivity index (χ3n) is 3.53. The summed E-state index contributed by atoms with van der Waals surface area (Å²) in [5, 5.41) is 5.62. The van der Waals surface area contributed by atoms with Gasteiger partial charge in [0.1, 0.15) is 5.75 Å². The number of benzene rings is 1. The number of methoxy groups -OCH3 is 1. The number of anilines is 1. The molecular formula is C14H20N3O3+. The van der Waals surface area contributed by atoms with Gasteiger partial charge < -0.3 is 20.3 Å². The minimum atomic E-state index is -0.286. The molecule has 0 spiro atoms. The second-order valence-electron chi connectivity index (χ2n) is 4.85. The predicted molar refractivity (Wildman–Crippen MR) is 74.8 cm³/mol. The Morgan fingerprint density at radius 2 is 2.20 bits per heavy atom. The van der Waals surface area contributed by atoms with Gasteiger partial charge in [0.25, 0.3) is 11.8 Å². The molecule has 1 aliphatic heterocycles. The standard InChI is InChI=1S/C14H19N3O3/c1-10(17-8-7-15-13(18)9-17)14(19)16-11-5-3-4-6-12(11)20-2/h3-6,10H,7-9H2,1-2H3,(H,15,18)(H,16,19)/p+1/t10-/m0/s1. The normalized spacial score (nSPS) is 19.9. The molecule has 1 aromatic rings. The Morgan fingerprint density at radius 3 is 2.90 bits per heavy atom. The first-order valence-corrected chi connectivity index (χ1v) is 6.67. The summed E-state index contributed by atoms with van der Waals surface area (Å²) in [5.41, 5.74) is 0.646. The summed E-state index contributed by atoms with van der Waals surface area (Å²) in [6, 6.07) is 6.98. The Kier molecular flexibility index (Phi) is 4.57. The van der Waals surface area contributed by atoms with E-state index < -0.39 is 0 Å². The van der Waals surface area contributed by atoms with Gasteiger partial charge in [0.2, 0.25) is 0 Å². The minimum absolute atomic E-state index is 0.0109. The van der Waals surface area contributed by atoms with E-state index in [2.05, 4.69) is 10.6 Å². The molecule has 1 fully saturated rings. The van der Waals surface area contributed by atoms with Gasteiger partial charge >= 0.3 is 0 Å². The van der Waals surface area contributed by atoms with Crippen LogP contribution in [0.15, 0.2) is 24.3 Å². The molecule has 2 rings (SSSR count). The number of hydrogen-bond donors (Lipinski definition) is 3. The lowest BCUT2D eigenvalue weighted by atomic mass is 10.2. The van der Waals surface area contributed by atoms with Crippen molar-refractivity contribution in [3.8, 4) is 5.75 Å². The average molecular weight is 278 g/mol. The topological polar surface area (TPSA) is 71.9 Å². The van der Waals surface area contributed by atoms with Gasteiger partial charge in [-0.15, -0.1) is 0 Å². The van der Waals surface area contributed by atoms with Crippen molar-refractivity contribution >= 4 is 17.5 Å². The van der Waals surface area contributed by atoms with Crippen molar-refractivity contribution in [3.05, 3.63) is 24.3 Å². The number of para-hydroxylation sites is 2. The first kappa shape index (κ1) is 14.3. The summed E-state index contributed by atoms with van der Waals surface area (Å²) >= 11 is 0. The second-order valence-corrected chi connectivity index (χ2v) is 4.85. The molecule has 1 heterocycles. The SMILES string of the molecule is COc1ccccc1NC(=O)[C@H](C)[NH+]1CCNC(=O)C1. The number of amides is 2. The van der Waals surface area contributed by atoms with Crippen molar-refractivity contribution < 1.29 is 19.2 Å². The van der Waals surface area contributed by atoms with Crippen LogP contribution in [0.1, 0.15) is 6.92 Å². The maximum Gasteiger partial charge on any atom is 0.282 e. The maximum atomic E-state index is 12.3. The van der Waals surface area contributed by atoms with Gasteiger partial charge in [-0.3, -0.25) is 9.59 Å². The van der Waals surface area contributed by atoms with E-state index in [0.29, 0.717) is 24.5 Å². The van der Waals surface area contributed by atoms with E-state index in [-0.39, 0.29) is 17.9 Å². The lowest BCUT2D eigenvalue weighted by Crippen LogP contribution is -3.19. The van der Waals surface area contributed by atoms with Crippen molar-refractivity contribution in [2.24, 2.45) is 0 Å². The van der Waals surface area contributed by atoms with Gasteiger partial charge in [-0.1, -0.05) is 12.1 Å². The van der Waals surface area contributed by atoms with E-state index >= 15 is 0 Å². The Bertz CT molecular complexity index is 504. The van der Waals surface area contributed by atoms with E-state index in [9.17, 15) is 9.59 Å². The van der Waals surface area contributed by atoms with Crippen LogP contribution in [0.2, 0.25) is 0 Å². The molecule has 0 saturated carbocycles. The second kappa shape index (κ2) is 6.38. The van der Waals surface area contributed by atoms with Gasteiger partial charge in [0, 0.05) is 0 Å². The molecule has 1 unspecified atom stereocenters. The van der Waals surface area contributed by atoms with Crippen LogP contribution in [-0.4, -0.2) is 44.6 Å². The van der Waals surface area contributed by atoms with Crippen molar-refractivity contribution in [2.75, 3.05) is 32.1 Å². The Hall–Kier alpha value is -2.08. The highest BCUT2D eigenvalue weighted by atomic mass is 16.5. The molecule has 2 amide bonds. The van der Waals surface area contributed by atoms with Gasteiger partial charge in [-0.05, 0) is 19.1 Å². The van der Waals surface area contributed by atoms with Gasteiger partial charge in [-0.2, -0.15) is 0 Å². The number of hydrogen-bond acceptors (Lipinski definition) is 3. The lowest BCUT2D eigenvalue weighted by Gasteiger charge is -2.28. The van der Waals surface area contributed by atoms with Gasteiger partial charge in [0.05, 0.1) is 25.9 Å². The summed E-state index contributed by atoms with van der Waals surface area (Å²) < 4.78 is 5.20. The summed E-state index contributed by atoms with van der Waals surface area (Å²) in [4.78, 5) is 24.6. The number of piperazine rings is 1. The molecule has 6 nitrogen and oxygen atoms in total. The molecule has 0 aliphatic carbocycles. The number of nitrogens with one attached hydrogen (secondary N) is 3. The summed E-state index contributed by atoms with van der Waals surface area (Å²) in [7, 11) is 1.56. The fourth-order valence-electron chi connectivity index (χ4n) is 2.26. The van der Waals surface area contributed by atoms with Gasteiger partial charge in [0.15, 0.2) is 12.6 Å². The van der Waals surface area contributed by atoms with Crippen LogP contribution >= 0.6 is 0 Å². The molecular weight excluding hydrogens is 258 g/mol. The zero-order valence-corrected chi connectivity index (χ0v) is 11.7. The molecule has 6 heteroatoms. The minimum Gasteiger partial charge on any atom is -0.495 e. The smallest absolute Gasteiger partial charge is 0.282 e. The number of rotatable bonds is 4. The lowest BCUT2D eigenvalue weighted by molar-refractivity contribution is -0.907. The molecule has 0 radical (unpaired) electrons. The number of ether oxygens (including phenoxy) is 1. The average Bonchev–Trinajstić information content (AvgIpc) is 2.47. The first-order chi connectivity index (χ1) is 9.61. The first-order valence-electron chi connectivity index (χ1n) is 6.67. The molecule has 1 aliphatic rings. The number of carbonyl (C=O) groups is 2. The molecule has 3 N–H and O–H groups in total. The monoisotopic (exact) mass is 278 g/mol. The van der Waals surface area contributed by atoms with Crippen LogP contribution in [0.4, 0.5) is 5.69 Å². The third-order valence-corrected chi connectivity index (χ3v) is 3.53. The highest BCUT2D eigenvalue weighted by molar-refractivity contribution is 5.95. The molecule has 2 atom stereocenters.